The molecule has 1 aliphatic rings. The van der Waals surface area contributed by atoms with Gasteiger partial charge in [-0.25, -0.2) is 4.98 Å². The number of likely N-dealkylation sites (tertiary alicyclic amines) is 1. The molecule has 26 heavy (non-hydrogen) atoms. The van der Waals surface area contributed by atoms with Crippen LogP contribution in [0, 0.1) is 6.92 Å². The highest BCUT2D eigenvalue weighted by atomic mass is 32.1. The summed E-state index contributed by atoms with van der Waals surface area (Å²) in [6, 6.07) is 7.64. The van der Waals surface area contributed by atoms with Crippen molar-refractivity contribution in [1.82, 2.24) is 14.5 Å². The Bertz CT molecular complexity index is 948. The number of carbonyl (C=O) groups excluding carboxylic acids is 2. The fraction of sp³-hybridized carbons (Fsp3) is 0.316. The minimum Gasteiger partial charge on any atom is -0.338 e. The number of para-hydroxylation sites is 1. The molecule has 0 bridgehead atoms. The number of thiazole rings is 1. The van der Waals surface area contributed by atoms with E-state index in [1.54, 1.807) is 11.1 Å². The van der Waals surface area contributed by atoms with Crippen LogP contribution in [0.25, 0.3) is 10.9 Å². The van der Waals surface area contributed by atoms with Gasteiger partial charge in [0.2, 0.25) is 11.8 Å². The third-order valence-corrected chi connectivity index (χ3v) is 5.52. The lowest BCUT2D eigenvalue weighted by molar-refractivity contribution is -0.137. The number of hydrogen-bond acceptors (Lipinski definition) is 4. The van der Waals surface area contributed by atoms with Gasteiger partial charge in [-0.1, -0.05) is 18.2 Å². The van der Waals surface area contributed by atoms with Crippen molar-refractivity contribution in [1.29, 1.82) is 0 Å². The summed E-state index contributed by atoms with van der Waals surface area (Å²) in [6.45, 7) is 2.91. The van der Waals surface area contributed by atoms with E-state index in [1.165, 1.54) is 11.3 Å². The number of rotatable bonds is 4. The molecule has 1 saturated heterocycles. The van der Waals surface area contributed by atoms with E-state index in [4.69, 9.17) is 0 Å². The average molecular weight is 368 g/mol. The number of nitrogens with zero attached hydrogens (tertiary/aromatic N) is 3. The number of hydrogen-bond donors (Lipinski definition) is 1. The van der Waals surface area contributed by atoms with E-state index in [2.05, 4.69) is 16.4 Å². The Balaban J connectivity index is 1.50. The molecule has 0 radical (unpaired) electrons. The van der Waals surface area contributed by atoms with Crippen LogP contribution in [0.15, 0.2) is 42.0 Å². The van der Waals surface area contributed by atoms with Gasteiger partial charge in [0.1, 0.15) is 12.6 Å². The first-order valence-corrected chi connectivity index (χ1v) is 9.56. The average Bonchev–Trinajstić information content (AvgIpc) is 3.36. The predicted octanol–water partition coefficient (Wildman–Crippen LogP) is 3.04. The number of nitrogens with one attached hydrogen (secondary N) is 1. The first-order chi connectivity index (χ1) is 12.6. The topological polar surface area (TPSA) is 67.2 Å². The number of aromatic nitrogens is 2. The first-order valence-electron chi connectivity index (χ1n) is 8.68. The number of fused-ring (bicyclic) bond motifs is 1. The molecule has 4 rings (SSSR count). The summed E-state index contributed by atoms with van der Waals surface area (Å²) in [5, 5.41) is 6.35. The second kappa shape index (κ2) is 6.92. The minimum atomic E-state index is -0.422. The summed E-state index contributed by atoms with van der Waals surface area (Å²) in [7, 11) is 0. The normalized spacial score (nSPS) is 17.0. The molecule has 0 spiro atoms. The standard InChI is InChI=1S/C19H20N4O2S/c1-13-11-22(15-6-3-2-5-14(13)15)12-17(24)23-9-4-7-16(23)18(25)21-19-20-8-10-26-19/h2-3,5-6,8,10-11,16H,4,7,9,12H2,1H3,(H,20,21,25)/t16-/m1/s1. The summed E-state index contributed by atoms with van der Waals surface area (Å²) < 4.78 is 1.97. The Hall–Kier alpha value is -2.67. The molecule has 0 unspecified atom stereocenters. The zero-order chi connectivity index (χ0) is 18.1. The maximum Gasteiger partial charge on any atom is 0.248 e. The van der Waals surface area contributed by atoms with Gasteiger partial charge < -0.3 is 14.8 Å². The van der Waals surface area contributed by atoms with E-state index in [0.29, 0.717) is 18.1 Å². The van der Waals surface area contributed by atoms with Crippen LogP contribution < -0.4 is 5.32 Å². The third-order valence-electron chi connectivity index (χ3n) is 4.83. The van der Waals surface area contributed by atoms with Crippen molar-refractivity contribution in [2.24, 2.45) is 0 Å². The van der Waals surface area contributed by atoms with Crippen LogP contribution in [0.3, 0.4) is 0 Å². The molecule has 1 aliphatic heterocycles. The molecular weight excluding hydrogens is 348 g/mol. The minimum absolute atomic E-state index is 0.0254. The van der Waals surface area contributed by atoms with Gasteiger partial charge in [-0.15, -0.1) is 11.3 Å². The maximum atomic E-state index is 12.9. The summed E-state index contributed by atoms with van der Waals surface area (Å²) in [5.74, 6) is -0.179. The quantitative estimate of drug-likeness (QED) is 0.770. The van der Waals surface area contributed by atoms with E-state index in [1.807, 2.05) is 41.3 Å². The summed E-state index contributed by atoms with van der Waals surface area (Å²) in [6.07, 6.45) is 5.18. The molecule has 0 saturated carbocycles. The summed E-state index contributed by atoms with van der Waals surface area (Å²) in [4.78, 5) is 31.2. The molecule has 134 valence electrons. The second-order valence-electron chi connectivity index (χ2n) is 6.53. The van der Waals surface area contributed by atoms with Crippen molar-refractivity contribution in [3.8, 4) is 0 Å². The largest absolute Gasteiger partial charge is 0.338 e. The number of aryl methyl sites for hydroxylation is 1. The summed E-state index contributed by atoms with van der Waals surface area (Å²) in [5.41, 5.74) is 2.19. The second-order valence-corrected chi connectivity index (χ2v) is 7.42. The van der Waals surface area contributed by atoms with Crippen molar-refractivity contribution in [3.63, 3.8) is 0 Å². The lowest BCUT2D eigenvalue weighted by atomic mass is 10.2. The molecule has 7 heteroatoms. The highest BCUT2D eigenvalue weighted by Gasteiger charge is 2.34. The van der Waals surface area contributed by atoms with Crippen LogP contribution in [0.2, 0.25) is 0 Å². The third kappa shape index (κ3) is 3.10. The monoisotopic (exact) mass is 368 g/mol. The van der Waals surface area contributed by atoms with Gasteiger partial charge in [0.15, 0.2) is 5.13 Å². The van der Waals surface area contributed by atoms with Gasteiger partial charge in [0.25, 0.3) is 0 Å². The molecule has 1 N–H and O–H groups in total. The highest BCUT2D eigenvalue weighted by molar-refractivity contribution is 7.13. The smallest absolute Gasteiger partial charge is 0.248 e. The lowest BCUT2D eigenvalue weighted by Gasteiger charge is -2.24. The predicted molar refractivity (Wildman–Crippen MR) is 102 cm³/mol. The van der Waals surface area contributed by atoms with E-state index in [0.717, 1.165) is 22.9 Å². The Kier molecular flexibility index (Phi) is 4.46. The number of amides is 2. The Morgan fingerprint density at radius 2 is 2.19 bits per heavy atom. The van der Waals surface area contributed by atoms with E-state index in [9.17, 15) is 9.59 Å². The molecule has 1 atom stereocenters. The molecular formula is C19H20N4O2S. The molecule has 6 nitrogen and oxygen atoms in total. The Labute approximate surface area is 155 Å². The molecule has 1 aromatic carbocycles. The number of anilines is 1. The van der Waals surface area contributed by atoms with E-state index in [-0.39, 0.29) is 18.4 Å². The van der Waals surface area contributed by atoms with Gasteiger partial charge in [-0.3, -0.25) is 9.59 Å². The molecule has 3 heterocycles. The zero-order valence-corrected chi connectivity index (χ0v) is 15.3. The van der Waals surface area contributed by atoms with E-state index < -0.39 is 6.04 Å². The highest BCUT2D eigenvalue weighted by Crippen LogP contribution is 2.23. The SMILES string of the molecule is Cc1cn(CC(=O)N2CCC[C@@H]2C(=O)Nc2nccs2)c2ccccc12. The van der Waals surface area contributed by atoms with Gasteiger partial charge in [0.05, 0.1) is 0 Å². The van der Waals surface area contributed by atoms with Crippen LogP contribution >= 0.6 is 11.3 Å². The molecule has 0 aliphatic carbocycles. The van der Waals surface area contributed by atoms with E-state index >= 15 is 0 Å². The van der Waals surface area contributed by atoms with Crippen molar-refractivity contribution in [2.45, 2.75) is 32.4 Å². The van der Waals surface area contributed by atoms with Crippen LogP contribution in [0.4, 0.5) is 5.13 Å². The van der Waals surface area contributed by atoms with Gasteiger partial charge in [0, 0.05) is 35.2 Å². The molecule has 2 aromatic heterocycles. The van der Waals surface area contributed by atoms with Crippen molar-refractivity contribution >= 4 is 39.2 Å². The van der Waals surface area contributed by atoms with Gasteiger partial charge >= 0.3 is 0 Å². The van der Waals surface area contributed by atoms with Crippen molar-refractivity contribution < 1.29 is 9.59 Å². The Morgan fingerprint density at radius 1 is 1.35 bits per heavy atom. The molecule has 1 fully saturated rings. The van der Waals surface area contributed by atoms with Crippen molar-refractivity contribution in [2.75, 3.05) is 11.9 Å². The number of benzene rings is 1. The first kappa shape index (κ1) is 16.8. The van der Waals surface area contributed by atoms with Crippen LogP contribution in [0.5, 0.6) is 0 Å². The van der Waals surface area contributed by atoms with Crippen LogP contribution in [-0.2, 0) is 16.1 Å². The van der Waals surface area contributed by atoms with Gasteiger partial charge in [-0.05, 0) is 31.4 Å². The fourth-order valence-electron chi connectivity index (χ4n) is 3.61. The fourth-order valence-corrected chi connectivity index (χ4v) is 4.14. The maximum absolute atomic E-state index is 12.9. The van der Waals surface area contributed by atoms with Crippen LogP contribution in [-0.4, -0.2) is 38.9 Å². The zero-order valence-electron chi connectivity index (χ0n) is 14.5. The van der Waals surface area contributed by atoms with Gasteiger partial charge in [-0.2, -0.15) is 0 Å². The van der Waals surface area contributed by atoms with Crippen molar-refractivity contribution in [3.05, 3.63) is 47.6 Å². The Morgan fingerprint density at radius 3 is 3.00 bits per heavy atom. The lowest BCUT2D eigenvalue weighted by Crippen LogP contribution is -2.44. The molecule has 3 aromatic rings. The molecule has 2 amide bonds. The van der Waals surface area contributed by atoms with Crippen LogP contribution in [0.1, 0.15) is 18.4 Å². The number of carbonyl (C=O) groups is 2. The summed E-state index contributed by atoms with van der Waals surface area (Å²) >= 11 is 1.38.